The number of hydrogen-bond acceptors (Lipinski definition) is 3. The zero-order chi connectivity index (χ0) is 24.8. The minimum absolute atomic E-state index is 0.0291. The van der Waals surface area contributed by atoms with Crippen molar-refractivity contribution in [3.63, 3.8) is 0 Å². The number of benzene rings is 2. The van der Waals surface area contributed by atoms with E-state index in [4.69, 9.17) is 11.6 Å². The summed E-state index contributed by atoms with van der Waals surface area (Å²) in [7, 11) is 1.44. The van der Waals surface area contributed by atoms with Crippen molar-refractivity contribution in [1.29, 1.82) is 0 Å². The molecule has 2 heterocycles. The molecule has 2 aromatic carbocycles. The van der Waals surface area contributed by atoms with Crippen LogP contribution in [0.1, 0.15) is 18.1 Å². The van der Waals surface area contributed by atoms with E-state index in [9.17, 15) is 27.6 Å². The molecule has 1 N–H and O–H groups in total. The lowest BCUT2D eigenvalue weighted by atomic mass is 9.83. The van der Waals surface area contributed by atoms with E-state index in [0.29, 0.717) is 5.56 Å². The Morgan fingerprint density at radius 3 is 2.35 bits per heavy atom. The van der Waals surface area contributed by atoms with E-state index in [1.54, 1.807) is 0 Å². The predicted octanol–water partition coefficient (Wildman–Crippen LogP) is 3.36. The number of urea groups is 1. The largest absolute Gasteiger partial charge is 0.341 e. The highest BCUT2D eigenvalue weighted by Crippen LogP contribution is 2.38. The number of likely N-dealkylation sites (tertiary alicyclic amines) is 1. The molecule has 0 aliphatic carbocycles. The molecule has 11 heteroatoms. The van der Waals surface area contributed by atoms with Gasteiger partial charge in [-0.15, -0.1) is 0 Å². The molecule has 2 fully saturated rings. The second kappa shape index (κ2) is 8.50. The Balaban J connectivity index is 1.67. The number of amides is 4. The number of nitrogens with one attached hydrogen (secondary N) is 1. The second-order valence-electron chi connectivity index (χ2n) is 8.50. The first-order valence-corrected chi connectivity index (χ1v) is 10.9. The van der Waals surface area contributed by atoms with Crippen LogP contribution in [-0.4, -0.2) is 59.9 Å². The first-order valence-electron chi connectivity index (χ1n) is 10.5. The van der Waals surface area contributed by atoms with E-state index in [0.717, 1.165) is 17.9 Å². The quantitative estimate of drug-likeness (QED) is 0.708. The minimum Gasteiger partial charge on any atom is -0.341 e. The van der Waals surface area contributed by atoms with E-state index < -0.39 is 41.7 Å². The van der Waals surface area contributed by atoms with Gasteiger partial charge in [0.15, 0.2) is 5.54 Å². The summed E-state index contributed by atoms with van der Waals surface area (Å²) in [5.74, 6) is -4.77. The molecule has 2 aromatic rings. The van der Waals surface area contributed by atoms with Gasteiger partial charge in [-0.05, 0) is 23.8 Å². The Labute approximate surface area is 199 Å². The summed E-state index contributed by atoms with van der Waals surface area (Å²) in [6, 6.07) is 8.85. The molecule has 0 bridgehead atoms. The molecule has 2 aliphatic rings. The molecule has 180 valence electrons. The van der Waals surface area contributed by atoms with E-state index in [2.05, 4.69) is 5.32 Å². The fourth-order valence-electron chi connectivity index (χ4n) is 4.31. The number of carbonyl (C=O) groups excluding carboxylic acids is 3. The smallest absolute Gasteiger partial charge is 0.317 e. The second-order valence-corrected chi connectivity index (χ2v) is 8.93. The first kappa shape index (κ1) is 23.9. The third kappa shape index (κ3) is 4.06. The molecule has 0 aromatic heterocycles. The number of rotatable bonds is 4. The van der Waals surface area contributed by atoms with Gasteiger partial charge in [-0.1, -0.05) is 35.9 Å². The van der Waals surface area contributed by atoms with Gasteiger partial charge >= 0.3 is 6.03 Å². The Morgan fingerprint density at radius 2 is 1.79 bits per heavy atom. The van der Waals surface area contributed by atoms with Crippen molar-refractivity contribution in [2.75, 3.05) is 31.6 Å². The van der Waals surface area contributed by atoms with Gasteiger partial charge in [0.25, 0.3) is 11.8 Å². The van der Waals surface area contributed by atoms with Crippen molar-refractivity contribution in [2.45, 2.75) is 24.9 Å². The van der Waals surface area contributed by atoms with Gasteiger partial charge in [0.05, 0.1) is 18.8 Å². The average molecular weight is 495 g/mol. The van der Waals surface area contributed by atoms with Crippen molar-refractivity contribution in [1.82, 2.24) is 15.1 Å². The highest BCUT2D eigenvalue weighted by atomic mass is 35.5. The molecule has 7 nitrogen and oxygen atoms in total. The summed E-state index contributed by atoms with van der Waals surface area (Å²) in [6.45, 7) is 0.168. The third-order valence-corrected chi connectivity index (χ3v) is 6.40. The Hall–Kier alpha value is -3.27. The maximum atomic E-state index is 14.6. The molecule has 34 heavy (non-hydrogen) atoms. The van der Waals surface area contributed by atoms with Crippen molar-refractivity contribution in [3.05, 3.63) is 64.4 Å². The van der Waals surface area contributed by atoms with Crippen molar-refractivity contribution in [3.8, 4) is 0 Å². The van der Waals surface area contributed by atoms with Crippen LogP contribution in [0, 0.1) is 5.82 Å². The maximum Gasteiger partial charge on any atom is 0.317 e. The molecule has 0 radical (unpaired) electrons. The fraction of sp³-hybridized carbons (Fsp3) is 0.348. The van der Waals surface area contributed by atoms with Gasteiger partial charge < -0.3 is 15.1 Å². The van der Waals surface area contributed by atoms with Crippen LogP contribution in [0.4, 0.5) is 23.7 Å². The highest BCUT2D eigenvalue weighted by Gasteiger charge is 2.61. The Bertz CT molecular complexity index is 1150. The van der Waals surface area contributed by atoms with E-state index in [-0.39, 0.29) is 35.9 Å². The number of anilines is 1. The van der Waals surface area contributed by atoms with Gasteiger partial charge in [0, 0.05) is 31.1 Å². The summed E-state index contributed by atoms with van der Waals surface area (Å²) in [5, 5.41) is 2.61. The number of piperazine rings is 1. The summed E-state index contributed by atoms with van der Waals surface area (Å²) in [6.07, 6.45) is 0. The van der Waals surface area contributed by atoms with E-state index >= 15 is 0 Å². The Morgan fingerprint density at radius 1 is 1.15 bits per heavy atom. The lowest BCUT2D eigenvalue weighted by Crippen LogP contribution is -2.81. The van der Waals surface area contributed by atoms with Crippen LogP contribution in [-0.2, 0) is 22.1 Å². The van der Waals surface area contributed by atoms with Crippen LogP contribution in [0.15, 0.2) is 42.5 Å². The number of hydrogen-bond donors (Lipinski definition) is 1. The maximum absolute atomic E-state index is 14.6. The topological polar surface area (TPSA) is 73.0 Å². The summed E-state index contributed by atoms with van der Waals surface area (Å²) < 4.78 is 41.7. The number of alkyl halides is 2. The number of nitrogens with zero attached hydrogens (tertiary/aromatic N) is 3. The molecular formula is C23H22ClF3N4O3. The molecule has 4 amide bonds. The van der Waals surface area contributed by atoms with Crippen LogP contribution in [0.5, 0.6) is 0 Å². The summed E-state index contributed by atoms with van der Waals surface area (Å²) in [5.41, 5.74) is -1.14. The van der Waals surface area contributed by atoms with Crippen molar-refractivity contribution >= 4 is 35.1 Å². The lowest BCUT2D eigenvalue weighted by molar-refractivity contribution is -0.161. The van der Waals surface area contributed by atoms with Crippen LogP contribution < -0.4 is 10.2 Å². The average Bonchev–Trinajstić information content (AvgIpc) is 2.74. The van der Waals surface area contributed by atoms with Gasteiger partial charge in [0.2, 0.25) is 5.91 Å². The zero-order valence-electron chi connectivity index (χ0n) is 18.4. The van der Waals surface area contributed by atoms with Crippen LogP contribution in [0.25, 0.3) is 0 Å². The standard InChI is InChI=1S/C23H22ClF3N4O3/c1-22(26,27)15-5-3-14(4-6-15)10-31-19(32)11-30(18-8-7-16(24)9-17(18)25)20(33)23(31)12-29(13-23)21(34)28-2/h3-9H,10-13H2,1-2H3,(H,28,34). The molecule has 0 atom stereocenters. The zero-order valence-corrected chi connectivity index (χ0v) is 19.2. The summed E-state index contributed by atoms with van der Waals surface area (Å²) in [4.78, 5) is 42.7. The van der Waals surface area contributed by atoms with Crippen LogP contribution in [0.2, 0.25) is 5.02 Å². The number of halogens is 4. The molecule has 2 saturated heterocycles. The van der Waals surface area contributed by atoms with E-state index in [1.807, 2.05) is 0 Å². The Kier molecular flexibility index (Phi) is 5.97. The van der Waals surface area contributed by atoms with Gasteiger partial charge in [-0.25, -0.2) is 18.0 Å². The van der Waals surface area contributed by atoms with Crippen LogP contribution >= 0.6 is 11.6 Å². The summed E-state index contributed by atoms with van der Waals surface area (Å²) >= 11 is 5.82. The van der Waals surface area contributed by atoms with Gasteiger partial charge in [0.1, 0.15) is 12.4 Å². The molecule has 1 spiro atoms. The molecule has 2 aliphatic heterocycles. The first-order chi connectivity index (χ1) is 16.0. The third-order valence-electron chi connectivity index (χ3n) is 6.16. The lowest BCUT2D eigenvalue weighted by Gasteiger charge is -2.57. The van der Waals surface area contributed by atoms with E-state index in [1.165, 1.54) is 53.2 Å². The van der Waals surface area contributed by atoms with Gasteiger partial charge in [-0.2, -0.15) is 0 Å². The fourth-order valence-corrected chi connectivity index (χ4v) is 4.47. The van der Waals surface area contributed by atoms with Crippen molar-refractivity contribution < 1.29 is 27.6 Å². The molecule has 0 unspecified atom stereocenters. The SMILES string of the molecule is CNC(=O)N1CC2(C1)C(=O)N(c1ccc(Cl)cc1F)CC(=O)N2Cc1ccc(C(C)(F)F)cc1. The molecule has 0 saturated carbocycles. The monoisotopic (exact) mass is 494 g/mol. The molecular weight excluding hydrogens is 473 g/mol. The van der Waals surface area contributed by atoms with Gasteiger partial charge in [-0.3, -0.25) is 14.5 Å². The highest BCUT2D eigenvalue weighted by molar-refractivity contribution is 6.30. The minimum atomic E-state index is -3.01. The van der Waals surface area contributed by atoms with Crippen molar-refractivity contribution in [2.24, 2.45) is 0 Å². The predicted molar refractivity (Wildman–Crippen MR) is 119 cm³/mol. The molecule has 4 rings (SSSR count). The van der Waals surface area contributed by atoms with Crippen LogP contribution in [0.3, 0.4) is 0 Å². The number of carbonyl (C=O) groups is 3. The normalized spacial score (nSPS) is 17.8.